The third kappa shape index (κ3) is 7.67. The highest BCUT2D eigenvalue weighted by molar-refractivity contribution is 7.98. The average Bonchev–Trinajstić information content (AvgIpc) is 2.95. The van der Waals surface area contributed by atoms with E-state index < -0.39 is 17.9 Å². The largest absolute Gasteiger partial charge is 0.480 e. The number of hydrogen-bond donors (Lipinski definition) is 2. The minimum absolute atomic E-state index is 0.357. The Labute approximate surface area is 232 Å². The van der Waals surface area contributed by atoms with E-state index in [1.807, 2.05) is 79.9 Å². The molecule has 2 N–H and O–H groups in total. The molecule has 200 valence electrons. The van der Waals surface area contributed by atoms with Gasteiger partial charge in [-0.15, -0.1) is 0 Å². The molecule has 0 aliphatic carbocycles. The lowest BCUT2D eigenvalue weighted by Gasteiger charge is -2.17. The zero-order valence-corrected chi connectivity index (χ0v) is 22.8. The molecule has 8 heteroatoms. The van der Waals surface area contributed by atoms with Crippen LogP contribution in [0.2, 0.25) is 0 Å². The molecule has 39 heavy (non-hydrogen) atoms. The molecule has 0 saturated carbocycles. The third-order valence-corrected chi connectivity index (χ3v) is 6.94. The maximum atomic E-state index is 13.3. The van der Waals surface area contributed by atoms with E-state index in [0.717, 1.165) is 27.9 Å². The number of aliphatic carboxylic acids is 1. The van der Waals surface area contributed by atoms with Gasteiger partial charge in [-0.1, -0.05) is 54.6 Å². The number of amides is 1. The lowest BCUT2D eigenvalue weighted by Crippen LogP contribution is -2.41. The molecule has 3 aromatic carbocycles. The van der Waals surface area contributed by atoms with Crippen LogP contribution in [0, 0.1) is 6.92 Å². The minimum atomic E-state index is -1.03. The van der Waals surface area contributed by atoms with E-state index in [9.17, 15) is 14.7 Å². The molecule has 4 rings (SSSR count). The highest BCUT2D eigenvalue weighted by Crippen LogP contribution is 2.29. The summed E-state index contributed by atoms with van der Waals surface area (Å²) in [5.41, 5.74) is 5.05. The van der Waals surface area contributed by atoms with Gasteiger partial charge in [0.25, 0.3) is 5.91 Å². The van der Waals surface area contributed by atoms with Crippen molar-refractivity contribution in [1.82, 2.24) is 15.3 Å². The van der Waals surface area contributed by atoms with Gasteiger partial charge in [-0.05, 0) is 78.6 Å². The standard InChI is InChI=1S/C31H31N3O4S/c1-21-8-6-7-11-25(21)27-18-22(13-15-26(27)30(35)34-28(31(36)37)16-17-39-2)12-14-23-19-33-29(20-32-23)38-24-9-4-3-5-10-24/h3-11,13,15,18-20,28H,12,14,16-17H2,1-2H3,(H,34,35)(H,36,37). The second-order valence-electron chi connectivity index (χ2n) is 9.10. The van der Waals surface area contributed by atoms with Gasteiger partial charge in [-0.3, -0.25) is 9.78 Å². The Hall–Kier alpha value is -4.17. The van der Waals surface area contributed by atoms with Crippen molar-refractivity contribution in [2.24, 2.45) is 0 Å². The van der Waals surface area contributed by atoms with Gasteiger partial charge >= 0.3 is 5.97 Å². The molecule has 1 heterocycles. The number of ether oxygens (including phenoxy) is 1. The Balaban J connectivity index is 1.52. The summed E-state index contributed by atoms with van der Waals surface area (Å²) in [4.78, 5) is 33.9. The number of aryl methyl sites for hydroxylation is 3. The zero-order chi connectivity index (χ0) is 27.6. The lowest BCUT2D eigenvalue weighted by atomic mass is 9.92. The van der Waals surface area contributed by atoms with Crippen LogP contribution in [-0.4, -0.2) is 45.0 Å². The summed E-state index contributed by atoms with van der Waals surface area (Å²) in [5, 5.41) is 12.3. The topological polar surface area (TPSA) is 101 Å². The van der Waals surface area contributed by atoms with E-state index in [1.165, 1.54) is 0 Å². The number of thioether (sulfide) groups is 1. The average molecular weight is 542 g/mol. The van der Waals surface area contributed by atoms with Crippen molar-refractivity contribution in [3.05, 3.63) is 108 Å². The van der Waals surface area contributed by atoms with Gasteiger partial charge in [0, 0.05) is 5.56 Å². The molecule has 0 saturated heterocycles. The van der Waals surface area contributed by atoms with Crippen LogP contribution in [0.3, 0.4) is 0 Å². The van der Waals surface area contributed by atoms with Crippen LogP contribution >= 0.6 is 11.8 Å². The fourth-order valence-corrected chi connectivity index (χ4v) is 4.65. The Morgan fingerprint density at radius 1 is 0.949 bits per heavy atom. The Morgan fingerprint density at radius 3 is 2.41 bits per heavy atom. The summed E-state index contributed by atoms with van der Waals surface area (Å²) in [6.45, 7) is 2.00. The van der Waals surface area contributed by atoms with Crippen molar-refractivity contribution in [3.8, 4) is 22.8 Å². The maximum Gasteiger partial charge on any atom is 0.326 e. The molecule has 0 aliphatic heterocycles. The molecular weight excluding hydrogens is 510 g/mol. The number of benzene rings is 3. The molecule has 0 aliphatic rings. The van der Waals surface area contributed by atoms with Crippen LogP contribution in [0.25, 0.3) is 11.1 Å². The number of carbonyl (C=O) groups excluding carboxylic acids is 1. The van der Waals surface area contributed by atoms with Gasteiger partial charge in [0.2, 0.25) is 5.88 Å². The highest BCUT2D eigenvalue weighted by atomic mass is 32.2. The van der Waals surface area contributed by atoms with E-state index in [-0.39, 0.29) is 0 Å². The van der Waals surface area contributed by atoms with Gasteiger partial charge < -0.3 is 15.2 Å². The van der Waals surface area contributed by atoms with Gasteiger partial charge in [0.15, 0.2) is 0 Å². The lowest BCUT2D eigenvalue weighted by molar-refractivity contribution is -0.139. The number of hydrogen-bond acceptors (Lipinski definition) is 6. The Bertz CT molecular complexity index is 1410. The summed E-state index contributed by atoms with van der Waals surface area (Å²) >= 11 is 1.55. The molecule has 0 fully saturated rings. The zero-order valence-electron chi connectivity index (χ0n) is 22.0. The third-order valence-electron chi connectivity index (χ3n) is 6.29. The van der Waals surface area contributed by atoms with E-state index in [1.54, 1.807) is 30.2 Å². The van der Waals surface area contributed by atoms with Crippen molar-refractivity contribution in [3.63, 3.8) is 0 Å². The molecule has 0 radical (unpaired) electrons. The number of carbonyl (C=O) groups is 2. The highest BCUT2D eigenvalue weighted by Gasteiger charge is 2.22. The second kappa shape index (κ2) is 13.6. The smallest absolute Gasteiger partial charge is 0.326 e. The first-order valence-electron chi connectivity index (χ1n) is 12.7. The van der Waals surface area contributed by atoms with E-state index in [0.29, 0.717) is 42.2 Å². The van der Waals surface area contributed by atoms with Crippen LogP contribution in [0.5, 0.6) is 11.6 Å². The summed E-state index contributed by atoms with van der Waals surface area (Å²) in [6, 6.07) is 22.1. The first-order chi connectivity index (χ1) is 18.9. The molecular formula is C31H31N3O4S. The van der Waals surface area contributed by atoms with E-state index in [4.69, 9.17) is 4.74 Å². The first-order valence-corrected chi connectivity index (χ1v) is 14.1. The van der Waals surface area contributed by atoms with Crippen molar-refractivity contribution >= 4 is 23.6 Å². The fraction of sp³-hybridized carbons (Fsp3) is 0.226. The number of nitrogens with zero attached hydrogens (tertiary/aromatic N) is 2. The minimum Gasteiger partial charge on any atom is -0.480 e. The summed E-state index contributed by atoms with van der Waals surface area (Å²) in [5.74, 6) is 0.343. The summed E-state index contributed by atoms with van der Waals surface area (Å²) in [7, 11) is 0. The molecule has 4 aromatic rings. The predicted molar refractivity (Wildman–Crippen MR) is 154 cm³/mol. The van der Waals surface area contributed by atoms with Gasteiger partial charge in [-0.2, -0.15) is 11.8 Å². The van der Waals surface area contributed by atoms with Crippen LogP contribution in [0.15, 0.2) is 85.2 Å². The Morgan fingerprint density at radius 2 is 1.72 bits per heavy atom. The molecule has 1 amide bonds. The van der Waals surface area contributed by atoms with Crippen molar-refractivity contribution in [1.29, 1.82) is 0 Å². The molecule has 1 unspecified atom stereocenters. The molecule has 1 aromatic heterocycles. The monoisotopic (exact) mass is 541 g/mol. The van der Waals surface area contributed by atoms with Crippen LogP contribution in [0.1, 0.15) is 33.6 Å². The van der Waals surface area contributed by atoms with Crippen molar-refractivity contribution in [2.75, 3.05) is 12.0 Å². The number of para-hydroxylation sites is 1. The normalized spacial score (nSPS) is 11.5. The second-order valence-corrected chi connectivity index (χ2v) is 10.1. The van der Waals surface area contributed by atoms with Gasteiger partial charge in [0.05, 0.1) is 18.1 Å². The molecule has 7 nitrogen and oxygen atoms in total. The van der Waals surface area contributed by atoms with E-state index >= 15 is 0 Å². The van der Waals surface area contributed by atoms with Gasteiger partial charge in [0.1, 0.15) is 11.8 Å². The number of nitrogens with one attached hydrogen (secondary N) is 1. The number of rotatable bonds is 12. The Kier molecular flexibility index (Phi) is 9.69. The predicted octanol–water partition coefficient (Wildman–Crippen LogP) is 5.97. The van der Waals surface area contributed by atoms with Crippen molar-refractivity contribution < 1.29 is 19.4 Å². The van der Waals surface area contributed by atoms with E-state index in [2.05, 4.69) is 15.3 Å². The fourth-order valence-electron chi connectivity index (χ4n) is 4.18. The van der Waals surface area contributed by atoms with Gasteiger partial charge in [-0.25, -0.2) is 9.78 Å². The summed E-state index contributed by atoms with van der Waals surface area (Å²) < 4.78 is 5.72. The summed E-state index contributed by atoms with van der Waals surface area (Å²) in [6.07, 6.45) is 6.95. The molecule has 0 spiro atoms. The quantitative estimate of drug-likeness (QED) is 0.228. The van der Waals surface area contributed by atoms with Crippen LogP contribution < -0.4 is 10.1 Å². The SMILES string of the molecule is CSCCC(NC(=O)c1ccc(CCc2cnc(Oc3ccccc3)cn2)cc1-c1ccccc1C)C(=O)O. The maximum absolute atomic E-state index is 13.3. The first kappa shape index (κ1) is 27.9. The van der Waals surface area contributed by atoms with Crippen molar-refractivity contribution in [2.45, 2.75) is 32.2 Å². The number of carboxylic acids is 1. The molecule has 0 bridgehead atoms. The van der Waals surface area contributed by atoms with Crippen LogP contribution in [0.4, 0.5) is 0 Å². The number of carboxylic acid groups (broad SMARTS) is 1. The number of aromatic nitrogens is 2. The van der Waals surface area contributed by atoms with Crippen LogP contribution in [-0.2, 0) is 17.6 Å². The molecule has 1 atom stereocenters.